The number of hydrogen-bond donors (Lipinski definition) is 1. The fourth-order valence-corrected chi connectivity index (χ4v) is 2.04. The van der Waals surface area contributed by atoms with Crippen LogP contribution in [0, 0.1) is 0 Å². The predicted octanol–water partition coefficient (Wildman–Crippen LogP) is 2.85. The van der Waals surface area contributed by atoms with E-state index >= 15 is 0 Å². The van der Waals surface area contributed by atoms with Crippen molar-refractivity contribution in [3.63, 3.8) is 0 Å². The van der Waals surface area contributed by atoms with Crippen molar-refractivity contribution in [3.05, 3.63) is 47.0 Å². The topological polar surface area (TPSA) is 52.3 Å². The minimum absolute atomic E-state index is 0.0219. The molecule has 0 radical (unpaired) electrons. The van der Waals surface area contributed by atoms with Gasteiger partial charge in [-0.1, -0.05) is 42.8 Å². The number of benzene rings is 1. The number of hydrogen-bond acceptors (Lipinski definition) is 2. The Labute approximate surface area is 115 Å². The van der Waals surface area contributed by atoms with Gasteiger partial charge in [0.25, 0.3) is 0 Å². The molecule has 1 amide bonds. The van der Waals surface area contributed by atoms with Crippen molar-refractivity contribution in [2.45, 2.75) is 39.2 Å². The van der Waals surface area contributed by atoms with Crippen LogP contribution in [0.1, 0.15) is 32.3 Å². The van der Waals surface area contributed by atoms with Gasteiger partial charge in [0.1, 0.15) is 0 Å². The molecule has 1 atom stereocenters. The molecule has 0 saturated carbocycles. The van der Waals surface area contributed by atoms with Gasteiger partial charge >= 0.3 is 0 Å². The summed E-state index contributed by atoms with van der Waals surface area (Å²) in [6.45, 7) is 3.98. The van der Waals surface area contributed by atoms with Gasteiger partial charge in [-0.2, -0.15) is 0 Å². The number of nitrogens with two attached hydrogens (primary N) is 1. The van der Waals surface area contributed by atoms with E-state index in [9.17, 15) is 4.79 Å². The normalized spacial score (nSPS) is 13.8. The minimum atomic E-state index is -0.338. The van der Waals surface area contributed by atoms with Crippen molar-refractivity contribution in [3.8, 4) is 0 Å². The van der Waals surface area contributed by atoms with E-state index in [2.05, 4.69) is 12.1 Å². The molecule has 19 heavy (non-hydrogen) atoms. The zero-order chi connectivity index (χ0) is 14.3. The van der Waals surface area contributed by atoms with Gasteiger partial charge in [0.15, 0.2) is 0 Å². The molecule has 0 saturated heterocycles. The van der Waals surface area contributed by atoms with E-state index in [4.69, 9.17) is 10.5 Å². The molecular formula is C16H23NO2. The van der Waals surface area contributed by atoms with Crippen LogP contribution in [0.3, 0.4) is 0 Å². The lowest BCUT2D eigenvalue weighted by molar-refractivity contribution is -0.115. The summed E-state index contributed by atoms with van der Waals surface area (Å²) in [4.78, 5) is 11.5. The van der Waals surface area contributed by atoms with E-state index in [1.54, 1.807) is 7.11 Å². The Kier molecular flexibility index (Phi) is 6.30. The lowest BCUT2D eigenvalue weighted by atomic mass is 9.97. The van der Waals surface area contributed by atoms with Crippen LogP contribution in [-0.2, 0) is 16.0 Å². The lowest BCUT2D eigenvalue weighted by Gasteiger charge is -2.17. The maximum absolute atomic E-state index is 11.5. The van der Waals surface area contributed by atoms with Gasteiger partial charge in [-0.3, -0.25) is 4.79 Å². The minimum Gasteiger partial charge on any atom is -0.381 e. The first kappa shape index (κ1) is 15.4. The Morgan fingerprint density at radius 2 is 1.95 bits per heavy atom. The molecule has 0 aromatic heterocycles. The third-order valence-corrected chi connectivity index (χ3v) is 3.41. The first-order valence-electron chi connectivity index (χ1n) is 6.63. The standard InChI is InChI=1S/C16H23NO2/c1-4-12(2)15(16(17)18)11-14(19-3)10-13-8-6-5-7-9-13/h5-9,14H,4,10-11H2,1-3H3,(H2,17,18)/b15-12-. The molecule has 1 aromatic carbocycles. The molecule has 0 aliphatic carbocycles. The molecule has 3 heteroatoms. The van der Waals surface area contributed by atoms with E-state index in [1.165, 1.54) is 5.56 Å². The Bertz CT molecular complexity index is 437. The molecule has 1 aromatic rings. The van der Waals surface area contributed by atoms with Crippen LogP contribution in [-0.4, -0.2) is 19.1 Å². The monoisotopic (exact) mass is 261 g/mol. The Morgan fingerprint density at radius 1 is 1.32 bits per heavy atom. The fraction of sp³-hybridized carbons (Fsp3) is 0.438. The van der Waals surface area contributed by atoms with E-state index in [0.29, 0.717) is 12.0 Å². The summed E-state index contributed by atoms with van der Waals surface area (Å²) >= 11 is 0. The Hall–Kier alpha value is -1.61. The number of amides is 1. The number of allylic oxidation sites excluding steroid dienone is 1. The number of rotatable bonds is 7. The molecule has 3 nitrogen and oxygen atoms in total. The highest BCUT2D eigenvalue weighted by molar-refractivity contribution is 5.92. The quantitative estimate of drug-likeness (QED) is 0.767. The maximum Gasteiger partial charge on any atom is 0.244 e. The van der Waals surface area contributed by atoms with E-state index in [0.717, 1.165) is 18.4 Å². The summed E-state index contributed by atoms with van der Waals surface area (Å²) in [5.74, 6) is -0.338. The van der Waals surface area contributed by atoms with E-state index < -0.39 is 0 Å². The molecule has 1 unspecified atom stereocenters. The van der Waals surface area contributed by atoms with Crippen molar-refractivity contribution in [2.24, 2.45) is 5.73 Å². The van der Waals surface area contributed by atoms with Gasteiger partial charge in [0.2, 0.25) is 5.91 Å². The molecule has 104 valence electrons. The number of ether oxygens (including phenoxy) is 1. The molecule has 2 N–H and O–H groups in total. The smallest absolute Gasteiger partial charge is 0.244 e. The highest BCUT2D eigenvalue weighted by atomic mass is 16.5. The number of primary amides is 1. The summed E-state index contributed by atoms with van der Waals surface area (Å²) < 4.78 is 5.49. The molecule has 0 aliphatic heterocycles. The summed E-state index contributed by atoms with van der Waals surface area (Å²) in [5, 5.41) is 0. The number of carbonyl (C=O) groups is 1. The lowest BCUT2D eigenvalue weighted by Crippen LogP contribution is -2.23. The molecule has 0 heterocycles. The second-order valence-electron chi connectivity index (χ2n) is 4.73. The van der Waals surface area contributed by atoms with Crippen LogP contribution in [0.5, 0.6) is 0 Å². The average Bonchev–Trinajstić information content (AvgIpc) is 2.43. The first-order valence-corrected chi connectivity index (χ1v) is 6.63. The predicted molar refractivity (Wildman–Crippen MR) is 77.7 cm³/mol. The molecule has 0 fully saturated rings. The second kappa shape index (κ2) is 7.74. The molecule has 0 spiro atoms. The average molecular weight is 261 g/mol. The Balaban J connectivity index is 2.78. The zero-order valence-corrected chi connectivity index (χ0v) is 12.0. The van der Waals surface area contributed by atoms with Crippen LogP contribution in [0.2, 0.25) is 0 Å². The third-order valence-electron chi connectivity index (χ3n) is 3.41. The van der Waals surface area contributed by atoms with E-state index in [-0.39, 0.29) is 12.0 Å². The van der Waals surface area contributed by atoms with Crippen molar-refractivity contribution in [2.75, 3.05) is 7.11 Å². The second-order valence-corrected chi connectivity index (χ2v) is 4.73. The van der Waals surface area contributed by atoms with Gasteiger partial charge in [-0.15, -0.1) is 0 Å². The first-order chi connectivity index (χ1) is 9.08. The molecule has 1 rings (SSSR count). The summed E-state index contributed by atoms with van der Waals surface area (Å²) in [5.41, 5.74) is 8.40. The number of carbonyl (C=O) groups excluding carboxylic acids is 1. The zero-order valence-electron chi connectivity index (χ0n) is 12.0. The van der Waals surface area contributed by atoms with Crippen LogP contribution < -0.4 is 5.73 Å². The van der Waals surface area contributed by atoms with Crippen LogP contribution in [0.25, 0.3) is 0 Å². The van der Waals surface area contributed by atoms with Crippen molar-refractivity contribution in [1.29, 1.82) is 0 Å². The fourth-order valence-electron chi connectivity index (χ4n) is 2.04. The highest BCUT2D eigenvalue weighted by Crippen LogP contribution is 2.18. The van der Waals surface area contributed by atoms with Gasteiger partial charge in [-0.05, 0) is 25.3 Å². The van der Waals surface area contributed by atoms with Crippen LogP contribution in [0.4, 0.5) is 0 Å². The SMILES string of the molecule is CC/C(C)=C(/CC(Cc1ccccc1)OC)C(N)=O. The van der Waals surface area contributed by atoms with Crippen molar-refractivity contribution < 1.29 is 9.53 Å². The van der Waals surface area contributed by atoms with Gasteiger partial charge in [0, 0.05) is 19.1 Å². The maximum atomic E-state index is 11.5. The summed E-state index contributed by atoms with van der Waals surface area (Å²) in [6.07, 6.45) is 2.16. The van der Waals surface area contributed by atoms with Crippen LogP contribution >= 0.6 is 0 Å². The van der Waals surface area contributed by atoms with Gasteiger partial charge in [0.05, 0.1) is 6.10 Å². The van der Waals surface area contributed by atoms with Crippen molar-refractivity contribution in [1.82, 2.24) is 0 Å². The molecule has 0 aliphatic rings. The van der Waals surface area contributed by atoms with Crippen molar-refractivity contribution >= 4 is 5.91 Å². The van der Waals surface area contributed by atoms with E-state index in [1.807, 2.05) is 32.0 Å². The van der Waals surface area contributed by atoms with Gasteiger partial charge < -0.3 is 10.5 Å². The molecule has 0 bridgehead atoms. The Morgan fingerprint density at radius 3 is 2.42 bits per heavy atom. The highest BCUT2D eigenvalue weighted by Gasteiger charge is 2.16. The third kappa shape index (κ3) is 4.87. The van der Waals surface area contributed by atoms with Gasteiger partial charge in [-0.25, -0.2) is 0 Å². The summed E-state index contributed by atoms with van der Waals surface area (Å²) in [6, 6.07) is 10.1. The molecular weight excluding hydrogens is 238 g/mol. The largest absolute Gasteiger partial charge is 0.381 e. The van der Waals surface area contributed by atoms with Crippen LogP contribution in [0.15, 0.2) is 41.5 Å². The number of methoxy groups -OCH3 is 1. The summed E-state index contributed by atoms with van der Waals surface area (Å²) in [7, 11) is 1.67.